The maximum absolute atomic E-state index is 12.3. The first-order chi connectivity index (χ1) is 13.4. The quantitative estimate of drug-likeness (QED) is 0.697. The van der Waals surface area contributed by atoms with Crippen LogP contribution < -0.4 is 19.5 Å². The van der Waals surface area contributed by atoms with Gasteiger partial charge in [0.15, 0.2) is 18.1 Å². The van der Waals surface area contributed by atoms with E-state index in [0.29, 0.717) is 23.2 Å². The number of carbonyl (C=O) groups excluding carboxylic acids is 2. The van der Waals surface area contributed by atoms with E-state index in [9.17, 15) is 9.59 Å². The molecule has 7 heteroatoms. The molecule has 1 amide bonds. The summed E-state index contributed by atoms with van der Waals surface area (Å²) in [4.78, 5) is 24.4. The van der Waals surface area contributed by atoms with Crippen molar-refractivity contribution in [3.05, 3.63) is 47.5 Å². The van der Waals surface area contributed by atoms with Gasteiger partial charge < -0.3 is 24.3 Å². The molecule has 150 valence electrons. The molecule has 0 radical (unpaired) electrons. The third kappa shape index (κ3) is 5.16. The van der Waals surface area contributed by atoms with Crippen LogP contribution in [0.3, 0.4) is 0 Å². The van der Waals surface area contributed by atoms with Gasteiger partial charge in [0.2, 0.25) is 0 Å². The van der Waals surface area contributed by atoms with Crippen LogP contribution in [0.25, 0.3) is 0 Å². The van der Waals surface area contributed by atoms with Gasteiger partial charge in [-0.2, -0.15) is 0 Å². The van der Waals surface area contributed by atoms with Gasteiger partial charge in [-0.05, 0) is 23.6 Å². The molecule has 0 bridgehead atoms. The van der Waals surface area contributed by atoms with E-state index < -0.39 is 11.9 Å². The summed E-state index contributed by atoms with van der Waals surface area (Å²) in [7, 11) is 4.18. The van der Waals surface area contributed by atoms with Crippen LogP contribution in [0.2, 0.25) is 0 Å². The molecule has 0 aliphatic rings. The van der Waals surface area contributed by atoms with Crippen molar-refractivity contribution in [3.8, 4) is 17.2 Å². The monoisotopic (exact) mass is 387 g/mol. The van der Waals surface area contributed by atoms with E-state index in [1.165, 1.54) is 39.0 Å². The Kier molecular flexibility index (Phi) is 7.26. The van der Waals surface area contributed by atoms with E-state index in [4.69, 9.17) is 18.9 Å². The molecule has 0 fully saturated rings. The average molecular weight is 387 g/mol. The Balaban J connectivity index is 2.12. The number of amides is 1. The van der Waals surface area contributed by atoms with Crippen molar-refractivity contribution in [2.45, 2.75) is 19.8 Å². The lowest BCUT2D eigenvalue weighted by atomic mass is 10.0. The van der Waals surface area contributed by atoms with E-state index in [2.05, 4.69) is 19.2 Å². The highest BCUT2D eigenvalue weighted by atomic mass is 16.5. The Bertz CT molecular complexity index is 830. The van der Waals surface area contributed by atoms with E-state index in [0.717, 1.165) is 0 Å². The van der Waals surface area contributed by atoms with Crippen molar-refractivity contribution in [1.82, 2.24) is 0 Å². The Hall–Kier alpha value is -3.22. The molecule has 7 nitrogen and oxygen atoms in total. The first-order valence-corrected chi connectivity index (χ1v) is 8.76. The molecule has 0 aliphatic carbocycles. The van der Waals surface area contributed by atoms with Gasteiger partial charge >= 0.3 is 5.97 Å². The lowest BCUT2D eigenvalue weighted by molar-refractivity contribution is -0.118. The molecule has 0 saturated carbocycles. The summed E-state index contributed by atoms with van der Waals surface area (Å²) in [6, 6.07) is 10.5. The number of methoxy groups -OCH3 is 3. The van der Waals surface area contributed by atoms with E-state index in [-0.39, 0.29) is 17.9 Å². The Morgan fingerprint density at radius 2 is 1.57 bits per heavy atom. The van der Waals surface area contributed by atoms with Crippen LogP contribution in [-0.2, 0) is 9.53 Å². The highest BCUT2D eigenvalue weighted by molar-refractivity contribution is 6.02. The van der Waals surface area contributed by atoms with Gasteiger partial charge in [0.1, 0.15) is 5.75 Å². The summed E-state index contributed by atoms with van der Waals surface area (Å²) in [6.45, 7) is 3.99. The standard InChI is InChI=1S/C21H25NO6/c1-13(2)14-6-8-15(9-7-14)28-12-20(23)22-17-11-19(26-4)18(25-3)10-16(17)21(24)27-5/h6-11,13H,12H2,1-5H3,(H,22,23). The number of esters is 1. The lowest BCUT2D eigenvalue weighted by Crippen LogP contribution is -2.22. The largest absolute Gasteiger partial charge is 0.493 e. The third-order valence-electron chi connectivity index (χ3n) is 4.12. The fourth-order valence-electron chi connectivity index (χ4n) is 2.55. The fourth-order valence-corrected chi connectivity index (χ4v) is 2.55. The smallest absolute Gasteiger partial charge is 0.340 e. The Morgan fingerprint density at radius 1 is 0.964 bits per heavy atom. The normalized spacial score (nSPS) is 10.4. The van der Waals surface area contributed by atoms with Gasteiger partial charge in [0.05, 0.1) is 32.6 Å². The molecule has 0 aromatic heterocycles. The number of anilines is 1. The second kappa shape index (κ2) is 9.64. The third-order valence-corrected chi connectivity index (χ3v) is 4.12. The molecular weight excluding hydrogens is 362 g/mol. The first-order valence-electron chi connectivity index (χ1n) is 8.76. The molecule has 0 heterocycles. The Morgan fingerprint density at radius 3 is 2.11 bits per heavy atom. The van der Waals surface area contributed by atoms with Crippen molar-refractivity contribution in [1.29, 1.82) is 0 Å². The van der Waals surface area contributed by atoms with E-state index in [1.807, 2.05) is 24.3 Å². The summed E-state index contributed by atoms with van der Waals surface area (Å²) in [6.07, 6.45) is 0. The predicted octanol–water partition coefficient (Wildman–Crippen LogP) is 3.63. The maximum Gasteiger partial charge on any atom is 0.340 e. The molecular formula is C21H25NO6. The summed E-state index contributed by atoms with van der Waals surface area (Å²) < 4.78 is 20.7. The second-order valence-electron chi connectivity index (χ2n) is 6.30. The number of carbonyl (C=O) groups is 2. The molecule has 0 aliphatic heterocycles. The van der Waals surface area contributed by atoms with Crippen LogP contribution in [0, 0.1) is 0 Å². The van der Waals surface area contributed by atoms with Crippen molar-refractivity contribution >= 4 is 17.6 Å². The van der Waals surface area contributed by atoms with Gasteiger partial charge in [-0.15, -0.1) is 0 Å². The lowest BCUT2D eigenvalue weighted by Gasteiger charge is -2.15. The molecule has 2 aromatic rings. The second-order valence-corrected chi connectivity index (χ2v) is 6.30. The van der Waals surface area contributed by atoms with E-state index in [1.54, 1.807) is 0 Å². The molecule has 2 rings (SSSR count). The summed E-state index contributed by atoms with van der Waals surface area (Å²) >= 11 is 0. The molecule has 28 heavy (non-hydrogen) atoms. The minimum absolute atomic E-state index is 0.148. The number of hydrogen-bond acceptors (Lipinski definition) is 6. The summed E-state index contributed by atoms with van der Waals surface area (Å²) in [5.41, 5.74) is 1.58. The van der Waals surface area contributed by atoms with Gasteiger partial charge in [0, 0.05) is 12.1 Å². The molecule has 0 spiro atoms. The zero-order valence-electron chi connectivity index (χ0n) is 16.7. The minimum Gasteiger partial charge on any atom is -0.493 e. The van der Waals surface area contributed by atoms with Crippen molar-refractivity contribution < 1.29 is 28.5 Å². The van der Waals surface area contributed by atoms with Crippen molar-refractivity contribution in [2.75, 3.05) is 33.3 Å². The molecule has 0 saturated heterocycles. The highest BCUT2D eigenvalue weighted by Crippen LogP contribution is 2.33. The van der Waals surface area contributed by atoms with Gasteiger partial charge in [-0.25, -0.2) is 4.79 Å². The average Bonchev–Trinajstić information content (AvgIpc) is 2.71. The van der Waals surface area contributed by atoms with Crippen molar-refractivity contribution in [3.63, 3.8) is 0 Å². The van der Waals surface area contributed by atoms with Gasteiger partial charge in [-0.1, -0.05) is 26.0 Å². The topological polar surface area (TPSA) is 83.1 Å². The number of hydrogen-bond donors (Lipinski definition) is 1. The van der Waals surface area contributed by atoms with Crippen LogP contribution in [-0.4, -0.2) is 39.8 Å². The maximum atomic E-state index is 12.3. The van der Waals surface area contributed by atoms with Crippen LogP contribution in [0.5, 0.6) is 17.2 Å². The number of rotatable bonds is 8. The predicted molar refractivity (Wildman–Crippen MR) is 106 cm³/mol. The summed E-state index contributed by atoms with van der Waals surface area (Å²) in [5.74, 6) is 0.684. The molecule has 0 atom stereocenters. The van der Waals surface area contributed by atoms with Gasteiger partial charge in [-0.3, -0.25) is 4.79 Å². The molecule has 1 N–H and O–H groups in total. The van der Waals surface area contributed by atoms with Crippen LogP contribution in [0.15, 0.2) is 36.4 Å². The van der Waals surface area contributed by atoms with Gasteiger partial charge in [0.25, 0.3) is 5.91 Å². The fraction of sp³-hybridized carbons (Fsp3) is 0.333. The number of nitrogens with one attached hydrogen (secondary N) is 1. The zero-order valence-corrected chi connectivity index (χ0v) is 16.7. The van der Waals surface area contributed by atoms with E-state index >= 15 is 0 Å². The highest BCUT2D eigenvalue weighted by Gasteiger charge is 2.19. The van der Waals surface area contributed by atoms with Crippen LogP contribution in [0.4, 0.5) is 5.69 Å². The van der Waals surface area contributed by atoms with Crippen LogP contribution in [0.1, 0.15) is 35.7 Å². The number of benzene rings is 2. The SMILES string of the molecule is COC(=O)c1cc(OC)c(OC)cc1NC(=O)COc1ccc(C(C)C)cc1. The molecule has 0 unspecified atom stereocenters. The number of ether oxygens (including phenoxy) is 4. The Labute approximate surface area is 164 Å². The van der Waals surface area contributed by atoms with Crippen LogP contribution >= 0.6 is 0 Å². The van der Waals surface area contributed by atoms with Crippen molar-refractivity contribution in [2.24, 2.45) is 0 Å². The zero-order chi connectivity index (χ0) is 20.7. The first kappa shape index (κ1) is 21.1. The summed E-state index contributed by atoms with van der Waals surface area (Å²) in [5, 5.41) is 2.65. The molecule has 2 aromatic carbocycles. The minimum atomic E-state index is -0.610.